The molecule has 0 saturated heterocycles. The summed E-state index contributed by atoms with van der Waals surface area (Å²) in [7, 11) is 0. The first-order chi connectivity index (χ1) is 7.09. The summed E-state index contributed by atoms with van der Waals surface area (Å²) in [5.74, 6) is -1.27. The molecule has 2 heterocycles. The maximum Gasteiger partial charge on any atom is 0.356 e. The first-order valence-corrected chi connectivity index (χ1v) is 3.94. The summed E-state index contributed by atoms with van der Waals surface area (Å²) < 4.78 is 25.9. The van der Waals surface area contributed by atoms with Gasteiger partial charge in [-0.1, -0.05) is 0 Å². The molecule has 2 aromatic rings. The fraction of sp³-hybridized carbons (Fsp3) is 0.125. The van der Waals surface area contributed by atoms with Gasteiger partial charge in [0.2, 0.25) is 0 Å². The number of fused-ring (bicyclic) bond motifs is 1. The Kier molecular flexibility index (Phi) is 2.07. The van der Waals surface area contributed by atoms with Gasteiger partial charge in [0.15, 0.2) is 11.3 Å². The molecular formula is C8H5F2N3O2. The average Bonchev–Trinajstić information content (AvgIpc) is 2.59. The van der Waals surface area contributed by atoms with Crippen LogP contribution < -0.4 is 0 Å². The van der Waals surface area contributed by atoms with Gasteiger partial charge in [-0.3, -0.25) is 4.40 Å². The fourth-order valence-corrected chi connectivity index (χ4v) is 1.18. The van der Waals surface area contributed by atoms with Gasteiger partial charge in [0.25, 0.3) is 6.43 Å². The van der Waals surface area contributed by atoms with Crippen molar-refractivity contribution in [2.75, 3.05) is 0 Å². The molecule has 0 aliphatic heterocycles. The van der Waals surface area contributed by atoms with Crippen molar-refractivity contribution in [1.29, 1.82) is 0 Å². The van der Waals surface area contributed by atoms with Crippen LogP contribution in [0.5, 0.6) is 0 Å². The van der Waals surface area contributed by atoms with Gasteiger partial charge in [0, 0.05) is 6.20 Å². The molecule has 5 nitrogen and oxygen atoms in total. The quantitative estimate of drug-likeness (QED) is 0.817. The number of carbonyl (C=O) groups is 1. The van der Waals surface area contributed by atoms with E-state index in [-0.39, 0.29) is 17.0 Å². The van der Waals surface area contributed by atoms with Crippen molar-refractivity contribution in [3.8, 4) is 0 Å². The van der Waals surface area contributed by atoms with Crippen LogP contribution in [0.1, 0.15) is 22.6 Å². The standard InChI is InChI=1S/C8H5F2N3O2/c9-7(10)5-1-12-6-2-11-4(8(14)15)3-13(5)6/h1-3,7H,(H,14,15). The van der Waals surface area contributed by atoms with Gasteiger partial charge in [0.1, 0.15) is 5.69 Å². The number of aromatic nitrogens is 3. The number of nitrogens with zero attached hydrogens (tertiary/aromatic N) is 3. The second-order valence-electron chi connectivity index (χ2n) is 2.79. The summed E-state index contributed by atoms with van der Waals surface area (Å²) in [5.41, 5.74) is -0.465. The Balaban J connectivity index is 2.66. The van der Waals surface area contributed by atoms with Crippen molar-refractivity contribution < 1.29 is 18.7 Å². The predicted molar refractivity (Wildman–Crippen MR) is 44.9 cm³/mol. The summed E-state index contributed by atoms with van der Waals surface area (Å²) in [6.07, 6.45) is 0.443. The number of carboxylic acid groups (broad SMARTS) is 1. The van der Waals surface area contributed by atoms with Crippen molar-refractivity contribution in [2.45, 2.75) is 6.43 Å². The van der Waals surface area contributed by atoms with Crippen LogP contribution in [0.2, 0.25) is 0 Å². The Morgan fingerprint density at radius 1 is 1.40 bits per heavy atom. The van der Waals surface area contributed by atoms with Crippen LogP contribution in [0.15, 0.2) is 18.6 Å². The van der Waals surface area contributed by atoms with Gasteiger partial charge >= 0.3 is 5.97 Å². The third kappa shape index (κ3) is 1.51. The van der Waals surface area contributed by atoms with E-state index in [1.165, 1.54) is 0 Å². The Bertz CT molecular complexity index is 524. The van der Waals surface area contributed by atoms with Crippen molar-refractivity contribution in [2.24, 2.45) is 0 Å². The lowest BCUT2D eigenvalue weighted by Gasteiger charge is -2.00. The largest absolute Gasteiger partial charge is 0.476 e. The highest BCUT2D eigenvalue weighted by Crippen LogP contribution is 2.19. The van der Waals surface area contributed by atoms with E-state index in [1.54, 1.807) is 0 Å². The molecule has 0 unspecified atom stereocenters. The molecule has 0 saturated carbocycles. The van der Waals surface area contributed by atoms with Crippen molar-refractivity contribution in [3.63, 3.8) is 0 Å². The highest BCUT2D eigenvalue weighted by molar-refractivity contribution is 5.85. The van der Waals surface area contributed by atoms with E-state index in [0.29, 0.717) is 0 Å². The molecule has 0 radical (unpaired) electrons. The van der Waals surface area contributed by atoms with Crippen LogP contribution in [-0.4, -0.2) is 25.4 Å². The molecule has 0 aromatic carbocycles. The van der Waals surface area contributed by atoms with Gasteiger partial charge < -0.3 is 5.11 Å². The third-order valence-corrected chi connectivity index (χ3v) is 1.87. The highest BCUT2D eigenvalue weighted by Gasteiger charge is 2.15. The maximum absolute atomic E-state index is 12.4. The molecule has 0 spiro atoms. The molecule has 0 aliphatic carbocycles. The fourth-order valence-electron chi connectivity index (χ4n) is 1.18. The molecule has 2 aromatic heterocycles. The van der Waals surface area contributed by atoms with E-state index in [0.717, 1.165) is 23.0 Å². The summed E-state index contributed by atoms with van der Waals surface area (Å²) in [6.45, 7) is 0. The van der Waals surface area contributed by atoms with E-state index < -0.39 is 12.4 Å². The van der Waals surface area contributed by atoms with E-state index in [4.69, 9.17) is 5.11 Å². The Morgan fingerprint density at radius 3 is 2.73 bits per heavy atom. The monoisotopic (exact) mass is 213 g/mol. The topological polar surface area (TPSA) is 67.5 Å². The zero-order chi connectivity index (χ0) is 11.0. The van der Waals surface area contributed by atoms with E-state index in [1.807, 2.05) is 0 Å². The van der Waals surface area contributed by atoms with Crippen molar-refractivity contribution >= 4 is 11.6 Å². The number of carboxylic acids is 1. The maximum atomic E-state index is 12.4. The molecule has 78 valence electrons. The lowest BCUT2D eigenvalue weighted by Crippen LogP contribution is -2.03. The molecule has 7 heteroatoms. The first-order valence-electron chi connectivity index (χ1n) is 3.94. The number of rotatable bonds is 2. The summed E-state index contributed by atoms with van der Waals surface area (Å²) >= 11 is 0. The second-order valence-corrected chi connectivity index (χ2v) is 2.79. The molecule has 0 atom stereocenters. The zero-order valence-corrected chi connectivity index (χ0v) is 7.26. The zero-order valence-electron chi connectivity index (χ0n) is 7.26. The summed E-state index contributed by atoms with van der Waals surface area (Å²) in [5, 5.41) is 8.63. The molecule has 15 heavy (non-hydrogen) atoms. The van der Waals surface area contributed by atoms with Crippen LogP contribution in [0.3, 0.4) is 0 Å². The number of alkyl halides is 2. The Morgan fingerprint density at radius 2 is 2.13 bits per heavy atom. The van der Waals surface area contributed by atoms with Gasteiger partial charge in [-0.2, -0.15) is 0 Å². The summed E-state index contributed by atoms with van der Waals surface area (Å²) in [4.78, 5) is 17.8. The minimum absolute atomic E-state index is 0.190. The molecule has 0 bridgehead atoms. The molecule has 2 rings (SSSR count). The molecule has 1 N–H and O–H groups in total. The van der Waals surface area contributed by atoms with Crippen LogP contribution in [0.25, 0.3) is 5.65 Å². The molecule has 0 amide bonds. The predicted octanol–water partition coefficient (Wildman–Crippen LogP) is 1.37. The molecule has 0 aliphatic rings. The number of aromatic carboxylic acids is 1. The van der Waals surface area contributed by atoms with Gasteiger partial charge in [-0.05, 0) is 0 Å². The average molecular weight is 213 g/mol. The van der Waals surface area contributed by atoms with Crippen molar-refractivity contribution in [3.05, 3.63) is 30.0 Å². The van der Waals surface area contributed by atoms with Gasteiger partial charge in [-0.25, -0.2) is 23.5 Å². The highest BCUT2D eigenvalue weighted by atomic mass is 19.3. The number of halogens is 2. The van der Waals surface area contributed by atoms with E-state index in [9.17, 15) is 13.6 Å². The van der Waals surface area contributed by atoms with Crippen LogP contribution in [0.4, 0.5) is 8.78 Å². The van der Waals surface area contributed by atoms with Crippen molar-refractivity contribution in [1.82, 2.24) is 14.4 Å². The third-order valence-electron chi connectivity index (χ3n) is 1.87. The number of hydrogen-bond donors (Lipinski definition) is 1. The molecular weight excluding hydrogens is 208 g/mol. The van der Waals surface area contributed by atoms with Crippen LogP contribution in [-0.2, 0) is 0 Å². The van der Waals surface area contributed by atoms with Crippen LogP contribution >= 0.6 is 0 Å². The van der Waals surface area contributed by atoms with Gasteiger partial charge in [-0.15, -0.1) is 0 Å². The second kappa shape index (κ2) is 3.26. The first kappa shape index (κ1) is 9.50. The Hall–Kier alpha value is -2.05. The lowest BCUT2D eigenvalue weighted by atomic mass is 10.4. The Labute approximate surface area is 82.0 Å². The SMILES string of the molecule is O=C(O)c1cn2c(C(F)F)cnc2cn1. The normalized spacial score (nSPS) is 11.1. The number of hydrogen-bond acceptors (Lipinski definition) is 3. The number of imidazole rings is 1. The van der Waals surface area contributed by atoms with Crippen LogP contribution in [0, 0.1) is 0 Å². The minimum Gasteiger partial charge on any atom is -0.476 e. The molecule has 0 fully saturated rings. The van der Waals surface area contributed by atoms with Gasteiger partial charge in [0.05, 0.1) is 12.4 Å². The van der Waals surface area contributed by atoms with E-state index >= 15 is 0 Å². The lowest BCUT2D eigenvalue weighted by molar-refractivity contribution is 0.0689. The van der Waals surface area contributed by atoms with E-state index in [2.05, 4.69) is 9.97 Å². The minimum atomic E-state index is -2.70. The summed E-state index contributed by atoms with van der Waals surface area (Å²) in [6, 6.07) is 0. The smallest absolute Gasteiger partial charge is 0.356 e.